The van der Waals surface area contributed by atoms with Gasteiger partial charge in [0.2, 0.25) is 0 Å². The van der Waals surface area contributed by atoms with Gasteiger partial charge in [0, 0.05) is 34.0 Å². The molecule has 5 heteroatoms. The molecule has 0 aliphatic rings. The first kappa shape index (κ1) is 17.1. The van der Waals surface area contributed by atoms with Crippen molar-refractivity contribution >= 4 is 8.80 Å². The summed E-state index contributed by atoms with van der Waals surface area (Å²) in [5, 5.41) is 8.64. The predicted octanol–water partition coefficient (Wildman–Crippen LogP) is 2.59. The van der Waals surface area contributed by atoms with Crippen LogP contribution in [0.15, 0.2) is 0 Å². The molecule has 0 aromatic rings. The van der Waals surface area contributed by atoms with Crippen LogP contribution in [-0.4, -0.2) is 41.8 Å². The molecule has 0 radical (unpaired) electrons. The van der Waals surface area contributed by atoms with E-state index in [-0.39, 0.29) is 0 Å². The number of hydrogen-bond donors (Lipinski definition) is 1. The van der Waals surface area contributed by atoms with Crippen LogP contribution >= 0.6 is 0 Å². The lowest BCUT2D eigenvalue weighted by Crippen LogP contribution is -2.42. The maximum atomic E-state index is 8.64. The van der Waals surface area contributed by atoms with Crippen LogP contribution in [0.5, 0.6) is 0 Å². The van der Waals surface area contributed by atoms with Gasteiger partial charge in [-0.2, -0.15) is 0 Å². The third-order valence-corrected chi connectivity index (χ3v) is 5.91. The highest BCUT2D eigenvalue weighted by atomic mass is 28.4. The van der Waals surface area contributed by atoms with Gasteiger partial charge in [-0.3, -0.25) is 0 Å². The van der Waals surface area contributed by atoms with Crippen molar-refractivity contribution < 1.29 is 18.4 Å². The minimum Gasteiger partial charge on any atom is -0.396 e. The molecule has 0 atom stereocenters. The lowest BCUT2D eigenvalue weighted by Gasteiger charge is -2.24. The van der Waals surface area contributed by atoms with E-state index >= 15 is 0 Å². The fourth-order valence-electron chi connectivity index (χ4n) is 1.89. The third-order valence-electron chi connectivity index (χ3n) is 3.07. The van der Waals surface area contributed by atoms with Crippen LogP contribution in [0.2, 0.25) is 6.04 Å². The highest BCUT2D eigenvalue weighted by Crippen LogP contribution is 2.18. The van der Waals surface area contributed by atoms with E-state index in [0.29, 0.717) is 6.61 Å². The summed E-state index contributed by atoms with van der Waals surface area (Å²) in [7, 11) is 2.65. The zero-order valence-corrected chi connectivity index (χ0v) is 12.5. The molecule has 0 aliphatic heterocycles. The van der Waals surface area contributed by atoms with E-state index in [1.807, 2.05) is 0 Å². The van der Waals surface area contributed by atoms with E-state index in [2.05, 4.69) is 0 Å². The van der Waals surface area contributed by atoms with Gasteiger partial charge >= 0.3 is 8.80 Å². The molecule has 17 heavy (non-hydrogen) atoms. The molecule has 0 fully saturated rings. The molecule has 4 nitrogen and oxygen atoms in total. The Morgan fingerprint density at radius 1 is 0.706 bits per heavy atom. The maximum Gasteiger partial charge on any atom is 0.500 e. The Kier molecular flexibility index (Phi) is 11.2. The Bertz CT molecular complexity index is 154. The van der Waals surface area contributed by atoms with Gasteiger partial charge in [0.25, 0.3) is 0 Å². The number of unbranched alkanes of at least 4 members (excludes halogenated alkanes) is 6. The van der Waals surface area contributed by atoms with Crippen LogP contribution in [0, 0.1) is 0 Å². The van der Waals surface area contributed by atoms with Crippen LogP contribution in [0.25, 0.3) is 0 Å². The molecule has 0 aromatic heterocycles. The first-order valence-corrected chi connectivity index (χ1v) is 8.44. The largest absolute Gasteiger partial charge is 0.500 e. The summed E-state index contributed by atoms with van der Waals surface area (Å²) in [6.07, 6.45) is 8.10. The summed E-state index contributed by atoms with van der Waals surface area (Å²) >= 11 is 0. The smallest absolute Gasteiger partial charge is 0.396 e. The summed E-state index contributed by atoms with van der Waals surface area (Å²) in [5.41, 5.74) is 0. The second kappa shape index (κ2) is 11.2. The topological polar surface area (TPSA) is 47.9 Å². The molecular weight excluding hydrogens is 236 g/mol. The molecule has 0 bridgehead atoms. The van der Waals surface area contributed by atoms with Crippen LogP contribution in [0.1, 0.15) is 44.9 Å². The molecule has 0 saturated carbocycles. The van der Waals surface area contributed by atoms with Crippen molar-refractivity contribution in [2.24, 2.45) is 0 Å². The molecule has 0 aliphatic carbocycles. The number of hydrogen-bond acceptors (Lipinski definition) is 4. The van der Waals surface area contributed by atoms with Gasteiger partial charge in [-0.25, -0.2) is 0 Å². The van der Waals surface area contributed by atoms with Crippen LogP contribution < -0.4 is 0 Å². The van der Waals surface area contributed by atoms with Gasteiger partial charge in [-0.15, -0.1) is 0 Å². The highest BCUT2D eigenvalue weighted by Gasteiger charge is 2.36. The average molecular weight is 264 g/mol. The zero-order valence-electron chi connectivity index (χ0n) is 11.5. The Labute approximate surface area is 107 Å². The minimum absolute atomic E-state index is 0.323. The summed E-state index contributed by atoms with van der Waals surface area (Å²) in [6.45, 7) is 0.323. The van der Waals surface area contributed by atoms with E-state index in [9.17, 15) is 0 Å². The quantitative estimate of drug-likeness (QED) is 0.435. The van der Waals surface area contributed by atoms with Crippen molar-refractivity contribution in [2.45, 2.75) is 51.0 Å². The fraction of sp³-hybridized carbons (Fsp3) is 1.00. The Morgan fingerprint density at radius 3 is 1.53 bits per heavy atom. The molecule has 1 N–H and O–H groups in total. The van der Waals surface area contributed by atoms with Crippen LogP contribution in [0.4, 0.5) is 0 Å². The van der Waals surface area contributed by atoms with Gasteiger partial charge in [-0.05, 0) is 12.8 Å². The molecule has 0 saturated heterocycles. The first-order valence-electron chi connectivity index (χ1n) is 6.51. The molecule has 0 rings (SSSR count). The standard InChI is InChI=1S/C12H28O4Si/c1-14-17(15-2,16-3)12-10-8-6-4-5-7-9-11-13/h13H,4-12H2,1-3H3. The molecule has 104 valence electrons. The van der Waals surface area contributed by atoms with E-state index < -0.39 is 8.80 Å². The maximum absolute atomic E-state index is 8.64. The monoisotopic (exact) mass is 264 g/mol. The minimum atomic E-state index is -2.33. The third kappa shape index (κ3) is 7.89. The van der Waals surface area contributed by atoms with Crippen molar-refractivity contribution in [3.8, 4) is 0 Å². The molecular formula is C12H28O4Si. The summed E-state index contributed by atoms with van der Waals surface area (Å²) in [6, 6.07) is 0.896. The van der Waals surface area contributed by atoms with Crippen molar-refractivity contribution in [3.63, 3.8) is 0 Å². The highest BCUT2D eigenvalue weighted by molar-refractivity contribution is 6.60. The number of aliphatic hydroxyl groups is 1. The van der Waals surface area contributed by atoms with Crippen molar-refractivity contribution in [2.75, 3.05) is 27.9 Å². The van der Waals surface area contributed by atoms with Gasteiger partial charge in [0.1, 0.15) is 0 Å². The van der Waals surface area contributed by atoms with E-state index in [4.69, 9.17) is 18.4 Å². The Morgan fingerprint density at radius 2 is 1.12 bits per heavy atom. The lowest BCUT2D eigenvalue weighted by atomic mass is 10.1. The average Bonchev–Trinajstić information content (AvgIpc) is 2.38. The number of rotatable bonds is 12. The summed E-state index contributed by atoms with van der Waals surface area (Å²) in [4.78, 5) is 0. The molecule has 0 unspecified atom stereocenters. The molecule has 0 aromatic carbocycles. The Hall–Kier alpha value is 0.0569. The fourth-order valence-corrected chi connectivity index (χ4v) is 3.69. The first-order chi connectivity index (χ1) is 8.24. The molecule has 0 spiro atoms. The normalized spacial score (nSPS) is 12.0. The van der Waals surface area contributed by atoms with E-state index in [1.54, 1.807) is 21.3 Å². The van der Waals surface area contributed by atoms with E-state index in [0.717, 1.165) is 25.3 Å². The summed E-state index contributed by atoms with van der Waals surface area (Å²) in [5.74, 6) is 0. The second-order valence-electron chi connectivity index (χ2n) is 4.24. The van der Waals surface area contributed by atoms with Gasteiger partial charge in [0.05, 0.1) is 0 Å². The number of aliphatic hydroxyl groups excluding tert-OH is 1. The predicted molar refractivity (Wildman–Crippen MR) is 71.0 cm³/mol. The molecule has 0 heterocycles. The van der Waals surface area contributed by atoms with Crippen LogP contribution in [-0.2, 0) is 13.3 Å². The van der Waals surface area contributed by atoms with Crippen molar-refractivity contribution in [1.29, 1.82) is 0 Å². The SMILES string of the molecule is CO[Si](CCCCCCCCCO)(OC)OC. The zero-order chi connectivity index (χ0) is 13.0. The van der Waals surface area contributed by atoms with Gasteiger partial charge < -0.3 is 18.4 Å². The lowest BCUT2D eigenvalue weighted by molar-refractivity contribution is 0.122. The Balaban J connectivity index is 3.43. The van der Waals surface area contributed by atoms with E-state index in [1.165, 1.54) is 25.7 Å². The summed E-state index contributed by atoms with van der Waals surface area (Å²) < 4.78 is 16.1. The second-order valence-corrected chi connectivity index (χ2v) is 7.33. The van der Waals surface area contributed by atoms with Crippen molar-refractivity contribution in [1.82, 2.24) is 0 Å². The van der Waals surface area contributed by atoms with Gasteiger partial charge in [0.15, 0.2) is 0 Å². The van der Waals surface area contributed by atoms with Crippen molar-refractivity contribution in [3.05, 3.63) is 0 Å². The van der Waals surface area contributed by atoms with Gasteiger partial charge in [-0.1, -0.05) is 32.1 Å². The molecule has 0 amide bonds. The van der Waals surface area contributed by atoms with Crippen LogP contribution in [0.3, 0.4) is 0 Å².